The molecule has 5 atom stereocenters. The number of likely N-dealkylation sites (tertiary alicyclic amines) is 1. The highest BCUT2D eigenvalue weighted by molar-refractivity contribution is 7.92. The van der Waals surface area contributed by atoms with Crippen molar-refractivity contribution in [1.82, 2.24) is 26.2 Å². The lowest BCUT2D eigenvalue weighted by atomic mass is 9.82. The largest absolute Gasteiger partial charge is 0.346 e. The predicted octanol–water partition coefficient (Wildman–Crippen LogP) is 3.71. The number of Topliss-reactive ketones (excluding diaryl/α,β-unsaturated/α-hetero) is 1. The Balaban J connectivity index is 1.42. The van der Waals surface area contributed by atoms with Gasteiger partial charge in [0.2, 0.25) is 17.6 Å². The van der Waals surface area contributed by atoms with Gasteiger partial charge in [0.25, 0.3) is 5.91 Å². The van der Waals surface area contributed by atoms with Crippen molar-refractivity contribution in [3.63, 3.8) is 0 Å². The molecule has 0 aromatic rings. The van der Waals surface area contributed by atoms with Gasteiger partial charge in [-0.05, 0) is 107 Å². The smallest absolute Gasteiger partial charge is 0.315 e. The van der Waals surface area contributed by atoms with E-state index in [0.717, 1.165) is 77.0 Å². The number of terminal acetylenes is 1. The van der Waals surface area contributed by atoms with E-state index in [1.165, 1.54) is 18.2 Å². The van der Waals surface area contributed by atoms with Gasteiger partial charge in [0.1, 0.15) is 18.1 Å². The van der Waals surface area contributed by atoms with Crippen LogP contribution >= 0.6 is 0 Å². The first kappa shape index (κ1) is 40.5. The number of allylic oxidation sites excluding steroid dienone is 1. The van der Waals surface area contributed by atoms with E-state index < -0.39 is 61.9 Å². The maximum atomic E-state index is 14.9. The fraction of sp³-hybridized carbons (Fsp3) is 0.725. The standard InChI is InChI=1S/C40H59N5O7S/c1-6-8-17-30(33(46)35(48)41-24-7-2)42-34(47)32-28-18-21-39(22-23-39)29(28)25-45(32)36(49)31(27-15-11-9-12-16-27)43-37(50)44-40(19-13-10-14-20-40)26-53(51,52)38(3,4)5/h1,7-8,17,27-32H,2,9-16,18-26H2,3-5H3,(H,41,48)(H,42,47)(H2,43,44,50)/b17-8+/t28-,29-,30?,31-,32-/m0/s1. The lowest BCUT2D eigenvalue weighted by Crippen LogP contribution is -2.63. The Hall–Kier alpha value is -3.66. The van der Waals surface area contributed by atoms with Crippen molar-refractivity contribution in [3.8, 4) is 12.3 Å². The molecule has 1 spiro atoms. The molecule has 0 bridgehead atoms. The van der Waals surface area contributed by atoms with Crippen LogP contribution in [0.2, 0.25) is 0 Å². The Morgan fingerprint density at radius 1 is 0.943 bits per heavy atom. The summed E-state index contributed by atoms with van der Waals surface area (Å²) in [7, 11) is -3.57. The third-order valence-electron chi connectivity index (χ3n) is 12.7. The van der Waals surface area contributed by atoms with Crippen molar-refractivity contribution >= 4 is 39.4 Å². The van der Waals surface area contributed by atoms with E-state index in [9.17, 15) is 32.4 Å². The number of carbonyl (C=O) groups excluding carboxylic acids is 5. The molecule has 53 heavy (non-hydrogen) atoms. The van der Waals surface area contributed by atoms with Gasteiger partial charge in [-0.3, -0.25) is 19.2 Å². The van der Waals surface area contributed by atoms with Gasteiger partial charge in [0.15, 0.2) is 9.84 Å². The van der Waals surface area contributed by atoms with Crippen LogP contribution in [-0.2, 0) is 29.0 Å². The molecule has 0 radical (unpaired) electrons. The van der Waals surface area contributed by atoms with Gasteiger partial charge in [-0.15, -0.1) is 13.0 Å². The van der Waals surface area contributed by atoms with Gasteiger partial charge in [0.05, 0.1) is 16.0 Å². The third-order valence-corrected chi connectivity index (χ3v) is 15.5. The maximum Gasteiger partial charge on any atom is 0.315 e. The zero-order valence-electron chi connectivity index (χ0n) is 31.7. The first-order valence-electron chi connectivity index (χ1n) is 19.5. The van der Waals surface area contributed by atoms with Crippen molar-refractivity contribution in [3.05, 3.63) is 24.8 Å². The summed E-state index contributed by atoms with van der Waals surface area (Å²) in [5.74, 6) is -0.761. The summed E-state index contributed by atoms with van der Waals surface area (Å²) in [5.41, 5.74) is -0.871. The number of nitrogens with zero attached hydrogens (tertiary/aromatic N) is 1. The van der Waals surface area contributed by atoms with Crippen molar-refractivity contribution in [2.75, 3.05) is 18.8 Å². The average Bonchev–Trinajstić information content (AvgIpc) is 3.69. The number of urea groups is 1. The first-order valence-corrected chi connectivity index (χ1v) is 21.2. The highest BCUT2D eigenvalue weighted by Gasteiger charge is 2.64. The number of carbonyl (C=O) groups is 5. The van der Waals surface area contributed by atoms with E-state index in [1.54, 1.807) is 25.7 Å². The maximum absolute atomic E-state index is 14.9. The van der Waals surface area contributed by atoms with E-state index in [-0.39, 0.29) is 41.4 Å². The molecule has 1 unspecified atom stereocenters. The monoisotopic (exact) mass is 753 g/mol. The molecule has 4 saturated carbocycles. The van der Waals surface area contributed by atoms with Crippen LogP contribution in [0.4, 0.5) is 4.79 Å². The molecule has 5 aliphatic rings. The number of hydrogen-bond donors (Lipinski definition) is 4. The third kappa shape index (κ3) is 9.01. The van der Waals surface area contributed by atoms with Crippen LogP contribution in [0.5, 0.6) is 0 Å². The van der Waals surface area contributed by atoms with E-state index in [0.29, 0.717) is 19.4 Å². The minimum absolute atomic E-state index is 0.0670. The number of hydrogen-bond acceptors (Lipinski definition) is 7. The van der Waals surface area contributed by atoms with Crippen LogP contribution in [0.3, 0.4) is 0 Å². The summed E-state index contributed by atoms with van der Waals surface area (Å²) in [5, 5.41) is 11.3. The Kier molecular flexibility index (Phi) is 12.5. The number of sulfone groups is 1. The lowest BCUT2D eigenvalue weighted by molar-refractivity contribution is -0.143. The molecule has 0 aromatic heterocycles. The summed E-state index contributed by atoms with van der Waals surface area (Å²) < 4.78 is 25.9. The number of nitrogens with one attached hydrogen (secondary N) is 4. The molecule has 5 rings (SSSR count). The van der Waals surface area contributed by atoms with Crippen LogP contribution < -0.4 is 21.3 Å². The molecule has 5 fully saturated rings. The SMILES string of the molecule is C#C/C=C/C(NC(=O)[C@@H]1[C@H]2CCC3(CC3)[C@H]2CN1C(=O)[C@@H](NC(=O)NC1(CS(=O)(=O)C(C)(C)C)CCCCC1)C1CCCCC1)C(=O)C(=O)NCC=C. The van der Waals surface area contributed by atoms with E-state index >= 15 is 0 Å². The number of rotatable bonds is 13. The van der Waals surface area contributed by atoms with Crippen LogP contribution in [0, 0.1) is 35.5 Å². The molecule has 1 heterocycles. The van der Waals surface area contributed by atoms with Crippen LogP contribution in [0.1, 0.15) is 111 Å². The number of ketones is 1. The van der Waals surface area contributed by atoms with Crippen molar-refractivity contribution in [1.29, 1.82) is 0 Å². The zero-order chi connectivity index (χ0) is 38.6. The quantitative estimate of drug-likeness (QED) is 0.126. The van der Waals surface area contributed by atoms with Gasteiger partial charge >= 0.3 is 6.03 Å². The molecule has 12 nitrogen and oxygen atoms in total. The topological polar surface area (TPSA) is 171 Å². The molecule has 13 heteroatoms. The Morgan fingerprint density at radius 3 is 2.21 bits per heavy atom. The normalized spacial score (nSPS) is 26.2. The Labute approximate surface area is 315 Å². The minimum Gasteiger partial charge on any atom is -0.346 e. The first-order chi connectivity index (χ1) is 25.1. The summed E-state index contributed by atoms with van der Waals surface area (Å²) in [4.78, 5) is 70.7. The second-order valence-electron chi connectivity index (χ2n) is 17.2. The van der Waals surface area contributed by atoms with Crippen molar-refractivity contribution < 1.29 is 32.4 Å². The summed E-state index contributed by atoms with van der Waals surface area (Å²) in [6, 6.07) is -3.75. The van der Waals surface area contributed by atoms with Crippen molar-refractivity contribution in [2.45, 2.75) is 139 Å². The number of amides is 5. The van der Waals surface area contributed by atoms with Gasteiger partial charge in [-0.25, -0.2) is 13.2 Å². The molecular formula is C40H59N5O7S. The molecule has 1 aliphatic heterocycles. The molecule has 4 N–H and O–H groups in total. The molecule has 0 aromatic carbocycles. The molecule has 292 valence electrons. The highest BCUT2D eigenvalue weighted by Crippen LogP contribution is 2.66. The van der Waals surface area contributed by atoms with Gasteiger partial charge < -0.3 is 26.2 Å². The van der Waals surface area contributed by atoms with E-state index in [2.05, 4.69) is 33.8 Å². The molecular weight excluding hydrogens is 695 g/mol. The highest BCUT2D eigenvalue weighted by atomic mass is 32.2. The van der Waals surface area contributed by atoms with Crippen LogP contribution in [0.25, 0.3) is 0 Å². The Morgan fingerprint density at radius 2 is 1.60 bits per heavy atom. The molecule has 5 amide bonds. The van der Waals surface area contributed by atoms with Crippen LogP contribution in [-0.4, -0.2) is 90.1 Å². The van der Waals surface area contributed by atoms with E-state index in [1.807, 2.05) is 0 Å². The van der Waals surface area contributed by atoms with Gasteiger partial charge in [0, 0.05) is 13.1 Å². The minimum atomic E-state index is -3.57. The zero-order valence-corrected chi connectivity index (χ0v) is 32.5. The van der Waals surface area contributed by atoms with Gasteiger partial charge in [-0.2, -0.15) is 0 Å². The van der Waals surface area contributed by atoms with Crippen LogP contribution in [0.15, 0.2) is 24.8 Å². The fourth-order valence-corrected chi connectivity index (χ4v) is 11.0. The summed E-state index contributed by atoms with van der Waals surface area (Å²) >= 11 is 0. The fourth-order valence-electron chi connectivity index (χ4n) is 9.45. The van der Waals surface area contributed by atoms with E-state index in [4.69, 9.17) is 6.42 Å². The summed E-state index contributed by atoms with van der Waals surface area (Å²) in [6.07, 6.45) is 21.1. The Bertz CT molecular complexity index is 1610. The molecule has 4 aliphatic carbocycles. The lowest BCUT2D eigenvalue weighted by Gasteiger charge is -2.41. The average molecular weight is 754 g/mol. The second-order valence-corrected chi connectivity index (χ2v) is 19.9. The van der Waals surface area contributed by atoms with Crippen molar-refractivity contribution in [2.24, 2.45) is 23.2 Å². The summed E-state index contributed by atoms with van der Waals surface area (Å²) in [6.45, 7) is 8.99. The predicted molar refractivity (Wildman–Crippen MR) is 203 cm³/mol. The number of fused-ring (bicyclic) bond motifs is 2. The molecule has 1 saturated heterocycles. The van der Waals surface area contributed by atoms with Gasteiger partial charge in [-0.1, -0.05) is 50.5 Å². The second kappa shape index (κ2) is 16.4.